The number of aryl methyl sites for hydroxylation is 1. The first-order valence-electron chi connectivity index (χ1n) is 12.1. The summed E-state index contributed by atoms with van der Waals surface area (Å²) < 4.78 is 31.2. The Morgan fingerprint density at radius 2 is 2.08 bits per heavy atom. The van der Waals surface area contributed by atoms with Gasteiger partial charge in [-0.3, -0.25) is 9.78 Å². The molecule has 1 aliphatic rings. The van der Waals surface area contributed by atoms with Crippen molar-refractivity contribution in [3.05, 3.63) is 83.9 Å². The smallest absolute Gasteiger partial charge is 0.331 e. The zero-order valence-corrected chi connectivity index (χ0v) is 21.2. The third-order valence-corrected chi connectivity index (χ3v) is 8.63. The summed E-state index contributed by atoms with van der Waals surface area (Å²) in [5.41, 5.74) is 3.02. The van der Waals surface area contributed by atoms with Crippen LogP contribution in [-0.4, -0.2) is 53.4 Å². The number of hydrogen-bond donors (Lipinski definition) is 2. The zero-order chi connectivity index (χ0) is 26.0. The van der Waals surface area contributed by atoms with Crippen LogP contribution in [0.2, 0.25) is 0 Å². The normalized spacial score (nSPS) is 14.9. The fourth-order valence-electron chi connectivity index (χ4n) is 4.80. The van der Waals surface area contributed by atoms with Crippen LogP contribution in [0.25, 0.3) is 10.9 Å². The van der Waals surface area contributed by atoms with Crippen molar-refractivity contribution in [2.45, 2.75) is 30.6 Å². The Morgan fingerprint density at radius 3 is 2.84 bits per heavy atom. The highest BCUT2D eigenvalue weighted by Gasteiger charge is 2.51. The van der Waals surface area contributed by atoms with Gasteiger partial charge in [0.1, 0.15) is 11.6 Å². The van der Waals surface area contributed by atoms with E-state index in [1.54, 1.807) is 16.8 Å². The van der Waals surface area contributed by atoms with Crippen LogP contribution in [-0.2, 0) is 38.8 Å². The number of carbonyl (C=O) groups is 1. The number of nitrogens with one attached hydrogen (secondary N) is 1. The van der Waals surface area contributed by atoms with E-state index in [2.05, 4.69) is 16.4 Å². The van der Waals surface area contributed by atoms with E-state index in [0.29, 0.717) is 24.3 Å². The molecule has 0 bridgehead atoms. The molecule has 3 aromatic heterocycles. The molecular formula is C27H28N4O5S. The summed E-state index contributed by atoms with van der Waals surface area (Å²) in [7, 11) is -4.07. The molecule has 192 valence electrons. The Balaban J connectivity index is 1.35. The van der Waals surface area contributed by atoms with Gasteiger partial charge in [-0.25, -0.2) is 13.4 Å². The van der Waals surface area contributed by atoms with E-state index in [9.17, 15) is 18.3 Å². The van der Waals surface area contributed by atoms with Crippen molar-refractivity contribution in [1.29, 1.82) is 0 Å². The average molecular weight is 521 g/mol. The summed E-state index contributed by atoms with van der Waals surface area (Å²) in [4.78, 5) is 21.1. The first kappa shape index (κ1) is 24.8. The highest BCUT2D eigenvalue weighted by Crippen LogP contribution is 2.34. The van der Waals surface area contributed by atoms with Gasteiger partial charge in [-0.15, -0.1) is 0 Å². The van der Waals surface area contributed by atoms with Crippen LogP contribution in [0, 0.1) is 0 Å². The molecule has 1 aromatic carbocycles. The van der Waals surface area contributed by atoms with Crippen LogP contribution < -0.4 is 10.1 Å². The summed E-state index contributed by atoms with van der Waals surface area (Å²) >= 11 is 0. The van der Waals surface area contributed by atoms with Crippen LogP contribution in [0.1, 0.15) is 23.2 Å². The minimum absolute atomic E-state index is 0.109. The van der Waals surface area contributed by atoms with Crippen LogP contribution in [0.5, 0.6) is 5.75 Å². The molecule has 0 saturated carbocycles. The summed E-state index contributed by atoms with van der Waals surface area (Å²) in [5, 5.41) is 14.3. The Labute approximate surface area is 215 Å². The number of anilines is 1. The molecule has 5 rings (SSSR count). The quantitative estimate of drug-likeness (QED) is 0.344. The minimum atomic E-state index is -4.07. The van der Waals surface area contributed by atoms with E-state index in [4.69, 9.17) is 9.72 Å². The fourth-order valence-corrected chi connectivity index (χ4v) is 6.04. The van der Waals surface area contributed by atoms with Gasteiger partial charge in [0.15, 0.2) is 9.84 Å². The van der Waals surface area contributed by atoms with Gasteiger partial charge in [-0.1, -0.05) is 12.1 Å². The van der Waals surface area contributed by atoms with E-state index < -0.39 is 20.6 Å². The second-order valence-corrected chi connectivity index (χ2v) is 11.5. The minimum Gasteiger partial charge on any atom is -0.493 e. The number of aromatic nitrogens is 3. The second-order valence-electron chi connectivity index (χ2n) is 9.25. The predicted molar refractivity (Wildman–Crippen MR) is 141 cm³/mol. The van der Waals surface area contributed by atoms with Crippen molar-refractivity contribution < 1.29 is 23.1 Å². The molecule has 0 fully saturated rings. The third kappa shape index (κ3) is 4.76. The van der Waals surface area contributed by atoms with Gasteiger partial charge >= 0.3 is 5.97 Å². The molecule has 0 radical (unpaired) electrons. The van der Waals surface area contributed by atoms with Crippen molar-refractivity contribution in [1.82, 2.24) is 14.5 Å². The average Bonchev–Trinajstić information content (AvgIpc) is 3.28. The van der Waals surface area contributed by atoms with Crippen LogP contribution in [0.4, 0.5) is 5.82 Å². The topological polar surface area (TPSA) is 123 Å². The van der Waals surface area contributed by atoms with Gasteiger partial charge < -0.3 is 19.7 Å². The molecule has 0 aliphatic carbocycles. The van der Waals surface area contributed by atoms with Gasteiger partial charge in [0.05, 0.1) is 13.2 Å². The van der Waals surface area contributed by atoms with Crippen LogP contribution in [0.3, 0.4) is 0 Å². The Kier molecular flexibility index (Phi) is 6.59. The van der Waals surface area contributed by atoms with Crippen molar-refractivity contribution in [3.63, 3.8) is 0 Å². The van der Waals surface area contributed by atoms with Crippen molar-refractivity contribution in [2.24, 2.45) is 0 Å². The van der Waals surface area contributed by atoms with Crippen molar-refractivity contribution >= 4 is 32.5 Å². The number of rotatable bonds is 9. The maximum atomic E-state index is 12.9. The molecule has 1 aliphatic heterocycles. The summed E-state index contributed by atoms with van der Waals surface area (Å²) in [6, 6.07) is 14.5. The van der Waals surface area contributed by atoms with Gasteiger partial charge in [0, 0.05) is 60.0 Å². The van der Waals surface area contributed by atoms with Crippen LogP contribution >= 0.6 is 0 Å². The molecule has 0 spiro atoms. The molecular weight excluding hydrogens is 492 g/mol. The first-order valence-corrected chi connectivity index (χ1v) is 13.9. The largest absolute Gasteiger partial charge is 0.493 e. The Hall–Kier alpha value is -3.92. The standard InChI is InChI=1S/C27H28N4O5S/c1-37(34,35)27(26(32)33,21-5-3-12-28-17-21)18-31-14-10-20-16-23(8-9-24(20)31)36-15-11-22-7-6-19-4-2-13-29-25(19)30-22/h3,5-10,12,14,16-17H,2,4,11,13,15,18H2,1H3,(H,29,30)(H,32,33). The van der Waals surface area contributed by atoms with Gasteiger partial charge in [0.25, 0.3) is 0 Å². The molecule has 1 unspecified atom stereocenters. The lowest BCUT2D eigenvalue weighted by Crippen LogP contribution is -2.46. The molecule has 9 nitrogen and oxygen atoms in total. The van der Waals surface area contributed by atoms with Crippen molar-refractivity contribution in [2.75, 3.05) is 24.7 Å². The van der Waals surface area contributed by atoms with Crippen LogP contribution in [0.15, 0.2) is 67.1 Å². The zero-order valence-electron chi connectivity index (χ0n) is 20.4. The number of carboxylic acid groups (broad SMARTS) is 1. The lowest BCUT2D eigenvalue weighted by Gasteiger charge is -2.28. The summed E-state index contributed by atoms with van der Waals surface area (Å²) in [5.74, 6) is 0.182. The number of fused-ring (bicyclic) bond motifs is 2. The monoisotopic (exact) mass is 520 g/mol. The highest BCUT2D eigenvalue weighted by molar-refractivity contribution is 7.92. The van der Waals surface area contributed by atoms with E-state index in [1.807, 2.05) is 24.3 Å². The molecule has 37 heavy (non-hydrogen) atoms. The number of benzene rings is 1. The molecule has 1 atom stereocenters. The number of sulfone groups is 1. The van der Waals surface area contributed by atoms with Crippen molar-refractivity contribution in [3.8, 4) is 5.75 Å². The second kappa shape index (κ2) is 9.85. The SMILES string of the molecule is CS(=O)(=O)C(Cn1ccc2cc(OCCc3ccc4c(n3)NCCC4)ccc21)(C(=O)O)c1cccnc1. The van der Waals surface area contributed by atoms with E-state index in [1.165, 1.54) is 30.1 Å². The number of ether oxygens (including phenoxy) is 1. The van der Waals surface area contributed by atoms with Gasteiger partial charge in [-0.2, -0.15) is 0 Å². The molecule has 0 amide bonds. The van der Waals surface area contributed by atoms with E-state index in [0.717, 1.165) is 42.5 Å². The van der Waals surface area contributed by atoms with Gasteiger partial charge in [0.2, 0.25) is 4.75 Å². The summed E-state index contributed by atoms with van der Waals surface area (Å²) in [6.07, 6.45) is 8.23. The molecule has 10 heteroatoms. The maximum Gasteiger partial charge on any atom is 0.331 e. The molecule has 4 aromatic rings. The number of nitrogens with zero attached hydrogens (tertiary/aromatic N) is 3. The van der Waals surface area contributed by atoms with Gasteiger partial charge in [-0.05, 0) is 54.8 Å². The van der Waals surface area contributed by atoms with E-state index in [-0.39, 0.29) is 12.1 Å². The molecule has 2 N–H and O–H groups in total. The number of pyridine rings is 2. The number of aliphatic carboxylic acids is 1. The summed E-state index contributed by atoms with van der Waals surface area (Å²) in [6.45, 7) is 1.10. The van der Waals surface area contributed by atoms with E-state index >= 15 is 0 Å². The Bertz CT molecular complexity index is 1550. The lowest BCUT2D eigenvalue weighted by molar-refractivity contribution is -0.140. The number of carboxylic acids is 1. The third-order valence-electron chi connectivity index (χ3n) is 6.82. The predicted octanol–water partition coefficient (Wildman–Crippen LogP) is 3.44. The Morgan fingerprint density at radius 1 is 1.22 bits per heavy atom. The maximum absolute atomic E-state index is 12.9. The lowest BCUT2D eigenvalue weighted by atomic mass is 9.99. The molecule has 0 saturated heterocycles. The fraction of sp³-hybridized carbons (Fsp3) is 0.296. The number of hydrogen-bond acceptors (Lipinski definition) is 7. The highest BCUT2D eigenvalue weighted by atomic mass is 32.2. The first-order chi connectivity index (χ1) is 17.8. The molecule has 4 heterocycles.